The third kappa shape index (κ3) is 3.95. The van der Waals surface area contributed by atoms with Gasteiger partial charge in [-0.25, -0.2) is 0 Å². The van der Waals surface area contributed by atoms with Crippen LogP contribution in [-0.4, -0.2) is 42.3 Å². The quantitative estimate of drug-likeness (QED) is 0.671. The molecule has 84 valence electrons. The highest BCUT2D eigenvalue weighted by molar-refractivity contribution is 4.75. The maximum Gasteiger partial charge on any atom is 0.0558 e. The van der Waals surface area contributed by atoms with Crippen LogP contribution >= 0.6 is 0 Å². The fourth-order valence-electron chi connectivity index (χ4n) is 2.35. The Morgan fingerprint density at radius 1 is 1.14 bits per heavy atom. The molecule has 0 aromatic carbocycles. The van der Waals surface area contributed by atoms with Gasteiger partial charge < -0.3 is 10.8 Å². The summed E-state index contributed by atoms with van der Waals surface area (Å²) in [7, 11) is 0. The van der Waals surface area contributed by atoms with Gasteiger partial charge in [0, 0.05) is 12.6 Å². The van der Waals surface area contributed by atoms with Gasteiger partial charge in [0.1, 0.15) is 0 Å². The van der Waals surface area contributed by atoms with Crippen molar-refractivity contribution in [3.05, 3.63) is 0 Å². The minimum absolute atomic E-state index is 0.279. The van der Waals surface area contributed by atoms with E-state index in [0.29, 0.717) is 6.04 Å². The van der Waals surface area contributed by atoms with Crippen molar-refractivity contribution in [2.75, 3.05) is 26.2 Å². The van der Waals surface area contributed by atoms with Crippen LogP contribution in [0.3, 0.4) is 0 Å². The lowest BCUT2D eigenvalue weighted by atomic mass is 9.94. The molecule has 0 radical (unpaired) electrons. The molecule has 1 rings (SSSR count). The Kier molecular flexibility index (Phi) is 6.15. The van der Waals surface area contributed by atoms with Gasteiger partial charge >= 0.3 is 0 Å². The molecule has 0 saturated heterocycles. The van der Waals surface area contributed by atoms with Gasteiger partial charge in [-0.3, -0.25) is 4.90 Å². The first-order valence-corrected chi connectivity index (χ1v) is 5.93. The Labute approximate surface area is 87.3 Å². The first kappa shape index (κ1) is 12.0. The normalized spacial score (nSPS) is 19.1. The van der Waals surface area contributed by atoms with Crippen LogP contribution in [0.15, 0.2) is 0 Å². The van der Waals surface area contributed by atoms with Crippen LogP contribution in [0.4, 0.5) is 0 Å². The predicted octanol–water partition coefficient (Wildman–Crippen LogP) is 0.962. The summed E-state index contributed by atoms with van der Waals surface area (Å²) in [5.74, 6) is 0. The lowest BCUT2D eigenvalue weighted by molar-refractivity contribution is 0.123. The largest absolute Gasteiger partial charge is 0.395 e. The summed E-state index contributed by atoms with van der Waals surface area (Å²) < 4.78 is 0. The maximum atomic E-state index is 8.99. The van der Waals surface area contributed by atoms with Crippen molar-refractivity contribution in [2.45, 2.75) is 44.6 Å². The molecule has 0 unspecified atom stereocenters. The zero-order valence-electron chi connectivity index (χ0n) is 9.12. The van der Waals surface area contributed by atoms with Crippen molar-refractivity contribution in [2.24, 2.45) is 5.73 Å². The molecular formula is C11H24N2O. The van der Waals surface area contributed by atoms with E-state index < -0.39 is 0 Å². The van der Waals surface area contributed by atoms with Crippen LogP contribution in [-0.2, 0) is 0 Å². The first-order valence-electron chi connectivity index (χ1n) is 5.93. The number of hydrogen-bond acceptors (Lipinski definition) is 3. The molecule has 0 aromatic rings. The van der Waals surface area contributed by atoms with Gasteiger partial charge in [0.2, 0.25) is 0 Å². The smallest absolute Gasteiger partial charge is 0.0558 e. The molecule has 0 aromatic heterocycles. The molecule has 1 fully saturated rings. The molecule has 1 saturated carbocycles. The molecule has 0 aliphatic heterocycles. The van der Waals surface area contributed by atoms with E-state index in [0.717, 1.165) is 26.1 Å². The fourth-order valence-corrected chi connectivity index (χ4v) is 2.35. The standard InChI is InChI=1S/C11H24N2O/c12-7-4-8-13(9-10-14)11-5-2-1-3-6-11/h11,14H,1-10,12H2. The van der Waals surface area contributed by atoms with E-state index in [9.17, 15) is 0 Å². The summed E-state index contributed by atoms with van der Waals surface area (Å²) in [6, 6.07) is 0.711. The third-order valence-electron chi connectivity index (χ3n) is 3.13. The highest BCUT2D eigenvalue weighted by Crippen LogP contribution is 2.22. The molecule has 3 heteroatoms. The van der Waals surface area contributed by atoms with Crippen LogP contribution in [0.25, 0.3) is 0 Å². The zero-order valence-corrected chi connectivity index (χ0v) is 9.12. The van der Waals surface area contributed by atoms with E-state index in [2.05, 4.69) is 4.90 Å². The molecule has 0 spiro atoms. The second-order valence-electron chi connectivity index (χ2n) is 4.19. The van der Waals surface area contributed by atoms with Gasteiger partial charge in [0.25, 0.3) is 0 Å². The first-order chi connectivity index (χ1) is 6.88. The van der Waals surface area contributed by atoms with Crippen molar-refractivity contribution in [1.29, 1.82) is 0 Å². The second-order valence-corrected chi connectivity index (χ2v) is 4.19. The Morgan fingerprint density at radius 3 is 2.43 bits per heavy atom. The van der Waals surface area contributed by atoms with Gasteiger partial charge in [-0.2, -0.15) is 0 Å². The van der Waals surface area contributed by atoms with E-state index in [1.54, 1.807) is 0 Å². The molecule has 14 heavy (non-hydrogen) atoms. The average molecular weight is 200 g/mol. The molecule has 0 bridgehead atoms. The summed E-state index contributed by atoms with van der Waals surface area (Å²) in [6.45, 7) is 2.92. The predicted molar refractivity (Wildman–Crippen MR) is 59.2 cm³/mol. The average Bonchev–Trinajstić information content (AvgIpc) is 2.25. The highest BCUT2D eigenvalue weighted by Gasteiger charge is 2.19. The SMILES string of the molecule is NCCCN(CCO)C1CCCCC1. The third-order valence-corrected chi connectivity index (χ3v) is 3.13. The highest BCUT2D eigenvalue weighted by atomic mass is 16.3. The van der Waals surface area contributed by atoms with Crippen LogP contribution in [0, 0.1) is 0 Å². The van der Waals surface area contributed by atoms with Gasteiger partial charge in [-0.15, -0.1) is 0 Å². The summed E-state index contributed by atoms with van der Waals surface area (Å²) in [5.41, 5.74) is 5.51. The molecule has 1 aliphatic carbocycles. The Hall–Kier alpha value is -0.120. The lowest BCUT2D eigenvalue weighted by Crippen LogP contribution is -2.39. The van der Waals surface area contributed by atoms with E-state index in [1.165, 1.54) is 32.1 Å². The molecule has 3 nitrogen and oxygen atoms in total. The number of nitrogens with two attached hydrogens (primary N) is 1. The van der Waals surface area contributed by atoms with Gasteiger partial charge in [-0.05, 0) is 32.4 Å². The van der Waals surface area contributed by atoms with Crippen molar-refractivity contribution in [3.8, 4) is 0 Å². The zero-order chi connectivity index (χ0) is 10.2. The van der Waals surface area contributed by atoms with E-state index in [4.69, 9.17) is 10.8 Å². The topological polar surface area (TPSA) is 49.5 Å². The van der Waals surface area contributed by atoms with Crippen LogP contribution in [0.5, 0.6) is 0 Å². The molecular weight excluding hydrogens is 176 g/mol. The van der Waals surface area contributed by atoms with Crippen molar-refractivity contribution < 1.29 is 5.11 Å². The van der Waals surface area contributed by atoms with Crippen LogP contribution < -0.4 is 5.73 Å². The van der Waals surface area contributed by atoms with Crippen molar-refractivity contribution >= 4 is 0 Å². The number of hydrogen-bond donors (Lipinski definition) is 2. The molecule has 1 aliphatic rings. The molecule has 0 heterocycles. The van der Waals surface area contributed by atoms with Crippen molar-refractivity contribution in [1.82, 2.24) is 4.90 Å². The summed E-state index contributed by atoms with van der Waals surface area (Å²) >= 11 is 0. The second kappa shape index (κ2) is 7.21. The van der Waals surface area contributed by atoms with Gasteiger partial charge in [0.05, 0.1) is 6.61 Å². The number of nitrogens with zero attached hydrogens (tertiary/aromatic N) is 1. The van der Waals surface area contributed by atoms with Gasteiger partial charge in [0.15, 0.2) is 0 Å². The number of rotatable bonds is 6. The van der Waals surface area contributed by atoms with Gasteiger partial charge in [-0.1, -0.05) is 19.3 Å². The van der Waals surface area contributed by atoms with Crippen LogP contribution in [0.1, 0.15) is 38.5 Å². The van der Waals surface area contributed by atoms with Crippen LogP contribution in [0.2, 0.25) is 0 Å². The molecule has 0 atom stereocenters. The maximum absolute atomic E-state index is 8.99. The summed E-state index contributed by atoms with van der Waals surface area (Å²) in [5, 5.41) is 8.99. The minimum atomic E-state index is 0.279. The summed E-state index contributed by atoms with van der Waals surface area (Å²) in [6.07, 6.45) is 7.77. The van der Waals surface area contributed by atoms with E-state index in [1.807, 2.05) is 0 Å². The molecule has 0 amide bonds. The van der Waals surface area contributed by atoms with Crippen molar-refractivity contribution in [3.63, 3.8) is 0 Å². The fraction of sp³-hybridized carbons (Fsp3) is 1.00. The lowest BCUT2D eigenvalue weighted by Gasteiger charge is -2.33. The van der Waals surface area contributed by atoms with E-state index in [-0.39, 0.29) is 6.61 Å². The molecule has 3 N–H and O–H groups in total. The Balaban J connectivity index is 2.30. The summed E-state index contributed by atoms with van der Waals surface area (Å²) in [4.78, 5) is 2.42. The Morgan fingerprint density at radius 2 is 1.86 bits per heavy atom. The Bertz CT molecular complexity index is 135. The number of aliphatic hydroxyl groups excluding tert-OH is 1. The monoisotopic (exact) mass is 200 g/mol. The minimum Gasteiger partial charge on any atom is -0.395 e. The number of aliphatic hydroxyl groups is 1. The van der Waals surface area contributed by atoms with E-state index >= 15 is 0 Å².